The number of hydrogen-bond acceptors (Lipinski definition) is 3. The average molecular weight is 290 g/mol. The maximum absolute atomic E-state index is 9.75. The lowest BCUT2D eigenvalue weighted by atomic mass is 10.1. The second-order valence-electron chi connectivity index (χ2n) is 5.04. The summed E-state index contributed by atoms with van der Waals surface area (Å²) >= 11 is 6.02. The van der Waals surface area contributed by atoms with Gasteiger partial charge < -0.3 is 9.84 Å². The van der Waals surface area contributed by atoms with Gasteiger partial charge in [0.1, 0.15) is 0 Å². The van der Waals surface area contributed by atoms with Crippen LogP contribution in [-0.2, 0) is 19.6 Å². The summed E-state index contributed by atoms with van der Waals surface area (Å²) in [6, 6.07) is 12.1. The third-order valence-electron chi connectivity index (χ3n) is 3.62. The molecule has 1 N–H and O–H groups in total. The van der Waals surface area contributed by atoms with Crippen molar-refractivity contribution in [1.82, 2.24) is 4.90 Å². The zero-order valence-corrected chi connectivity index (χ0v) is 12.0. The fourth-order valence-electron chi connectivity index (χ4n) is 2.65. The number of methoxy groups -OCH3 is 1. The van der Waals surface area contributed by atoms with Gasteiger partial charge in [-0.15, -0.1) is 0 Å². The van der Waals surface area contributed by atoms with Crippen LogP contribution < -0.4 is 4.74 Å². The Morgan fingerprint density at radius 2 is 1.85 bits per heavy atom. The van der Waals surface area contributed by atoms with E-state index in [4.69, 9.17) is 16.3 Å². The monoisotopic (exact) mass is 289 g/mol. The first-order valence-corrected chi connectivity index (χ1v) is 6.89. The van der Waals surface area contributed by atoms with Crippen LogP contribution >= 0.6 is 11.6 Å². The third-order valence-corrected chi connectivity index (χ3v) is 3.91. The van der Waals surface area contributed by atoms with Gasteiger partial charge in [0.2, 0.25) is 0 Å². The molecule has 0 saturated carbocycles. The van der Waals surface area contributed by atoms with E-state index in [0.29, 0.717) is 10.8 Å². The van der Waals surface area contributed by atoms with Crippen LogP contribution in [0.5, 0.6) is 11.5 Å². The number of halogens is 1. The van der Waals surface area contributed by atoms with Gasteiger partial charge in [-0.2, -0.15) is 0 Å². The normalized spacial score (nSPS) is 14.3. The molecule has 0 bridgehead atoms. The standard InChI is InChI=1S/C16H16ClNO2/c1-20-15-7-11(6-14(17)16(15)19)8-18-9-12-4-2-3-5-13(12)10-18/h2-7,19H,8-10H2,1H3. The van der Waals surface area contributed by atoms with Crippen LogP contribution in [0.1, 0.15) is 16.7 Å². The molecule has 4 heteroatoms. The van der Waals surface area contributed by atoms with Crippen LogP contribution in [-0.4, -0.2) is 17.1 Å². The predicted molar refractivity (Wildman–Crippen MR) is 79.1 cm³/mol. The molecule has 20 heavy (non-hydrogen) atoms. The van der Waals surface area contributed by atoms with Crippen LogP contribution in [0, 0.1) is 0 Å². The molecule has 1 aliphatic heterocycles. The highest BCUT2D eigenvalue weighted by Gasteiger charge is 2.19. The van der Waals surface area contributed by atoms with Gasteiger partial charge in [-0.3, -0.25) is 4.90 Å². The number of rotatable bonds is 3. The SMILES string of the molecule is COc1cc(CN2Cc3ccccc3C2)cc(Cl)c1O. The summed E-state index contributed by atoms with van der Waals surface area (Å²) < 4.78 is 5.14. The molecule has 3 rings (SSSR count). The summed E-state index contributed by atoms with van der Waals surface area (Å²) in [4.78, 5) is 2.34. The predicted octanol–water partition coefficient (Wildman–Crippen LogP) is 3.57. The van der Waals surface area contributed by atoms with Gasteiger partial charge in [-0.05, 0) is 28.8 Å². The number of aromatic hydroxyl groups is 1. The van der Waals surface area contributed by atoms with Crippen molar-refractivity contribution in [1.29, 1.82) is 0 Å². The molecule has 2 aromatic rings. The van der Waals surface area contributed by atoms with E-state index in [1.807, 2.05) is 6.07 Å². The molecule has 0 saturated heterocycles. The molecule has 2 aromatic carbocycles. The van der Waals surface area contributed by atoms with E-state index < -0.39 is 0 Å². The molecule has 104 valence electrons. The van der Waals surface area contributed by atoms with Gasteiger partial charge in [-0.1, -0.05) is 35.9 Å². The average Bonchev–Trinajstić information content (AvgIpc) is 2.84. The first-order chi connectivity index (χ1) is 9.67. The van der Waals surface area contributed by atoms with E-state index in [-0.39, 0.29) is 5.75 Å². The smallest absolute Gasteiger partial charge is 0.176 e. The highest BCUT2D eigenvalue weighted by Crippen LogP contribution is 2.35. The van der Waals surface area contributed by atoms with Crippen molar-refractivity contribution in [2.24, 2.45) is 0 Å². The van der Waals surface area contributed by atoms with Crippen LogP contribution in [0.15, 0.2) is 36.4 Å². The minimum Gasteiger partial charge on any atom is -0.503 e. The number of phenolic OH excluding ortho intramolecular Hbond substituents is 1. The molecule has 0 aromatic heterocycles. The first kappa shape index (κ1) is 13.3. The third kappa shape index (κ3) is 2.47. The van der Waals surface area contributed by atoms with Crippen molar-refractivity contribution < 1.29 is 9.84 Å². The zero-order valence-electron chi connectivity index (χ0n) is 11.3. The minimum atomic E-state index is 0.00243. The molecule has 3 nitrogen and oxygen atoms in total. The molecule has 0 unspecified atom stereocenters. The summed E-state index contributed by atoms with van der Waals surface area (Å²) in [5.41, 5.74) is 3.80. The Morgan fingerprint density at radius 1 is 1.20 bits per heavy atom. The number of fused-ring (bicyclic) bond motifs is 1. The van der Waals surface area contributed by atoms with E-state index in [0.717, 1.165) is 25.2 Å². The molecule has 0 spiro atoms. The lowest BCUT2D eigenvalue weighted by molar-refractivity contribution is 0.274. The molecule has 0 fully saturated rings. The summed E-state index contributed by atoms with van der Waals surface area (Å²) in [5, 5.41) is 10.1. The lowest BCUT2D eigenvalue weighted by Crippen LogP contribution is -2.15. The summed E-state index contributed by atoms with van der Waals surface area (Å²) in [6.07, 6.45) is 0. The van der Waals surface area contributed by atoms with Crippen molar-refractivity contribution in [2.75, 3.05) is 7.11 Å². The summed E-state index contributed by atoms with van der Waals surface area (Å²) in [6.45, 7) is 2.67. The molecule has 0 aliphatic carbocycles. The Labute approximate surface area is 123 Å². The molecule has 1 aliphatic rings. The van der Waals surface area contributed by atoms with E-state index in [1.54, 1.807) is 6.07 Å². The second-order valence-corrected chi connectivity index (χ2v) is 5.45. The van der Waals surface area contributed by atoms with Gasteiger partial charge in [-0.25, -0.2) is 0 Å². The van der Waals surface area contributed by atoms with E-state index in [1.165, 1.54) is 18.2 Å². The number of phenols is 1. The van der Waals surface area contributed by atoms with Gasteiger partial charge in [0, 0.05) is 19.6 Å². The number of nitrogens with zero attached hydrogens (tertiary/aromatic N) is 1. The minimum absolute atomic E-state index is 0.00243. The van der Waals surface area contributed by atoms with E-state index >= 15 is 0 Å². The second kappa shape index (κ2) is 5.35. The van der Waals surface area contributed by atoms with Gasteiger partial charge in [0.25, 0.3) is 0 Å². The van der Waals surface area contributed by atoms with Crippen molar-refractivity contribution in [3.05, 3.63) is 58.1 Å². The summed E-state index contributed by atoms with van der Waals surface area (Å²) in [5.74, 6) is 0.423. The maximum atomic E-state index is 9.75. The van der Waals surface area contributed by atoms with Crippen molar-refractivity contribution in [3.8, 4) is 11.5 Å². The van der Waals surface area contributed by atoms with Crippen molar-refractivity contribution in [3.63, 3.8) is 0 Å². The Hall–Kier alpha value is -1.71. The fraction of sp³-hybridized carbons (Fsp3) is 0.250. The first-order valence-electron chi connectivity index (χ1n) is 6.52. The Morgan fingerprint density at radius 3 is 2.45 bits per heavy atom. The molecule has 0 atom stereocenters. The van der Waals surface area contributed by atoms with Gasteiger partial charge in [0.15, 0.2) is 11.5 Å². The van der Waals surface area contributed by atoms with E-state index in [2.05, 4.69) is 29.2 Å². The highest BCUT2D eigenvalue weighted by molar-refractivity contribution is 6.32. The highest BCUT2D eigenvalue weighted by atomic mass is 35.5. The number of ether oxygens (including phenoxy) is 1. The van der Waals surface area contributed by atoms with Crippen molar-refractivity contribution >= 4 is 11.6 Å². The quantitative estimate of drug-likeness (QED) is 0.937. The Balaban J connectivity index is 1.79. The van der Waals surface area contributed by atoms with Crippen molar-refractivity contribution in [2.45, 2.75) is 19.6 Å². The number of hydrogen-bond donors (Lipinski definition) is 1. The van der Waals surface area contributed by atoms with E-state index in [9.17, 15) is 5.11 Å². The van der Waals surface area contributed by atoms with Gasteiger partial charge in [0.05, 0.1) is 12.1 Å². The largest absolute Gasteiger partial charge is 0.503 e. The molecular formula is C16H16ClNO2. The van der Waals surface area contributed by atoms with Gasteiger partial charge >= 0.3 is 0 Å². The molecular weight excluding hydrogens is 274 g/mol. The molecule has 0 radical (unpaired) electrons. The van der Waals surface area contributed by atoms with Crippen LogP contribution in [0.25, 0.3) is 0 Å². The Bertz CT molecular complexity index is 617. The zero-order chi connectivity index (χ0) is 14.1. The van der Waals surface area contributed by atoms with Crippen LogP contribution in [0.2, 0.25) is 5.02 Å². The summed E-state index contributed by atoms with van der Waals surface area (Å²) in [7, 11) is 1.53. The van der Waals surface area contributed by atoms with Crippen LogP contribution in [0.4, 0.5) is 0 Å². The number of benzene rings is 2. The fourth-order valence-corrected chi connectivity index (χ4v) is 2.88. The molecule has 0 amide bonds. The topological polar surface area (TPSA) is 32.7 Å². The Kier molecular flexibility index (Phi) is 3.55. The maximum Gasteiger partial charge on any atom is 0.176 e. The lowest BCUT2D eigenvalue weighted by Gasteiger charge is -2.16. The molecule has 1 heterocycles. The van der Waals surface area contributed by atoms with Crippen LogP contribution in [0.3, 0.4) is 0 Å².